The minimum absolute atomic E-state index is 0. The van der Waals surface area contributed by atoms with E-state index in [1.807, 2.05) is 13.8 Å². The fourth-order valence-corrected chi connectivity index (χ4v) is 5.33. The molecule has 1 aliphatic carbocycles. The minimum Gasteiger partial charge on any atom is -0.530 e. The predicted molar refractivity (Wildman–Crippen MR) is 113 cm³/mol. The van der Waals surface area contributed by atoms with Crippen LogP contribution in [0.3, 0.4) is 0 Å². The molecule has 30 heavy (non-hydrogen) atoms. The van der Waals surface area contributed by atoms with Crippen molar-refractivity contribution in [1.29, 1.82) is 0 Å². The molecule has 154 valence electrons. The van der Waals surface area contributed by atoms with Crippen molar-refractivity contribution in [3.63, 3.8) is 0 Å². The third-order valence-corrected chi connectivity index (χ3v) is 6.81. The molecule has 1 atom stereocenters. The Kier molecular flexibility index (Phi) is 7.07. The van der Waals surface area contributed by atoms with E-state index in [0.717, 1.165) is 44.6 Å². The first-order chi connectivity index (χ1) is 13.8. The normalized spacial score (nSPS) is 19.8. The molecule has 0 unspecified atom stereocenters. The molecule has 0 saturated carbocycles. The fourth-order valence-electron chi connectivity index (χ4n) is 5.22. The molecule has 4 rings (SSSR count). The molecule has 1 amide bonds. The van der Waals surface area contributed by atoms with Crippen LogP contribution in [-0.4, -0.2) is 34.7 Å². The molecule has 0 bridgehead atoms. The molecule has 1 saturated heterocycles. The van der Waals surface area contributed by atoms with Crippen LogP contribution in [0.1, 0.15) is 50.2 Å². The van der Waals surface area contributed by atoms with Crippen LogP contribution in [0.2, 0.25) is 0 Å². The summed E-state index contributed by atoms with van der Waals surface area (Å²) in [7, 11) is 0. The molecular weight excluding hydrogens is 407 g/mol. The van der Waals surface area contributed by atoms with E-state index in [9.17, 15) is 9.90 Å². The summed E-state index contributed by atoms with van der Waals surface area (Å²) in [5, 5.41) is 14.4. The molecule has 1 aromatic heterocycles. The van der Waals surface area contributed by atoms with Crippen molar-refractivity contribution >= 4 is 24.5 Å². The van der Waals surface area contributed by atoms with Crippen LogP contribution >= 0.6 is 12.6 Å². The number of hydrogen-bond donors (Lipinski definition) is 2. The SMILES string of the molecule is CC(C)(C[C@@H]1c2ccccc2CC12CCN(c1cnc(S)cn1)CC2)NC(=O)[O-].[Na+]. The Balaban J connectivity index is 0.00000256. The minimum atomic E-state index is -1.21. The summed E-state index contributed by atoms with van der Waals surface area (Å²) in [6.45, 7) is 5.72. The molecule has 2 aliphatic rings. The van der Waals surface area contributed by atoms with Crippen molar-refractivity contribution in [2.24, 2.45) is 5.41 Å². The number of anilines is 1. The number of nitrogens with zero attached hydrogens (tertiary/aromatic N) is 3. The van der Waals surface area contributed by atoms with Gasteiger partial charge in [-0.15, -0.1) is 12.6 Å². The number of aromatic nitrogens is 2. The topological polar surface area (TPSA) is 81.2 Å². The maximum absolute atomic E-state index is 11.2. The standard InChI is InChI=1S/C22H28N4O2S.Na/c1-21(2,25-20(27)28)12-17-16-6-4-3-5-15(16)11-22(17)7-9-26(10-8-22)18-13-24-19(29)14-23-18;/h3-6,13-14,17,25H,7-12H2,1-2H3,(H,24,29)(H,27,28);/q;+1/p-1/t17-;/m1./s1. The van der Waals surface area contributed by atoms with E-state index < -0.39 is 11.6 Å². The van der Waals surface area contributed by atoms with E-state index in [1.54, 1.807) is 12.4 Å². The van der Waals surface area contributed by atoms with Crippen LogP contribution in [0.15, 0.2) is 41.7 Å². The molecule has 2 aromatic rings. The first-order valence-electron chi connectivity index (χ1n) is 10.1. The van der Waals surface area contributed by atoms with E-state index >= 15 is 0 Å². The Hall–Kier alpha value is -1.28. The van der Waals surface area contributed by atoms with Crippen LogP contribution in [0, 0.1) is 5.41 Å². The summed E-state index contributed by atoms with van der Waals surface area (Å²) in [6, 6.07) is 8.63. The third-order valence-electron chi connectivity index (χ3n) is 6.57. The van der Waals surface area contributed by atoms with Gasteiger partial charge in [0.15, 0.2) is 0 Å². The van der Waals surface area contributed by atoms with Crippen molar-refractivity contribution in [2.75, 3.05) is 18.0 Å². The molecule has 8 heteroatoms. The molecule has 6 nitrogen and oxygen atoms in total. The van der Waals surface area contributed by atoms with Crippen molar-refractivity contribution in [2.45, 2.75) is 56.0 Å². The third kappa shape index (κ3) is 4.79. The van der Waals surface area contributed by atoms with Gasteiger partial charge in [-0.05, 0) is 62.0 Å². The number of nitrogens with one attached hydrogen (secondary N) is 1. The number of thiol groups is 1. The fraction of sp³-hybridized carbons (Fsp3) is 0.500. The summed E-state index contributed by atoms with van der Waals surface area (Å²) >= 11 is 4.22. The molecule has 1 fully saturated rings. The zero-order chi connectivity index (χ0) is 20.6. The number of carbonyl (C=O) groups excluding carboxylic acids is 1. The molecule has 1 N–H and O–H groups in total. The first kappa shape index (κ1) is 23.4. The Labute approximate surface area is 205 Å². The van der Waals surface area contributed by atoms with Gasteiger partial charge in [-0.2, -0.15) is 0 Å². The van der Waals surface area contributed by atoms with Gasteiger partial charge in [0.2, 0.25) is 0 Å². The average Bonchev–Trinajstić information content (AvgIpc) is 2.95. The second-order valence-electron chi connectivity index (χ2n) is 9.01. The summed E-state index contributed by atoms with van der Waals surface area (Å²) in [5.74, 6) is 1.21. The smallest absolute Gasteiger partial charge is 0.530 e. The van der Waals surface area contributed by atoms with Crippen molar-refractivity contribution < 1.29 is 39.5 Å². The number of hydrogen-bond acceptors (Lipinski definition) is 6. The second-order valence-corrected chi connectivity index (χ2v) is 9.47. The van der Waals surface area contributed by atoms with E-state index in [1.165, 1.54) is 11.1 Å². The largest absolute Gasteiger partial charge is 1.00 e. The summed E-state index contributed by atoms with van der Waals surface area (Å²) in [6.07, 6.45) is 6.14. The molecule has 0 radical (unpaired) electrons. The molecule has 1 spiro atoms. The predicted octanol–water partition coefficient (Wildman–Crippen LogP) is -0.203. The van der Waals surface area contributed by atoms with E-state index in [0.29, 0.717) is 10.9 Å². The number of amides is 1. The van der Waals surface area contributed by atoms with Crippen molar-refractivity contribution in [3.8, 4) is 0 Å². The van der Waals surface area contributed by atoms with Crippen LogP contribution in [0.25, 0.3) is 0 Å². The van der Waals surface area contributed by atoms with E-state index in [4.69, 9.17) is 0 Å². The quantitative estimate of drug-likeness (QED) is 0.515. The first-order valence-corrected chi connectivity index (χ1v) is 10.6. The Morgan fingerprint density at radius 1 is 1.27 bits per heavy atom. The van der Waals surface area contributed by atoms with Gasteiger partial charge in [0.05, 0.1) is 12.4 Å². The summed E-state index contributed by atoms with van der Waals surface area (Å²) in [4.78, 5) is 22.2. The van der Waals surface area contributed by atoms with E-state index in [-0.39, 0.29) is 35.0 Å². The van der Waals surface area contributed by atoms with Crippen LogP contribution in [0.5, 0.6) is 0 Å². The number of rotatable bonds is 4. The number of piperidine rings is 1. The number of carbonyl (C=O) groups is 1. The molecule has 1 aromatic carbocycles. The average molecular weight is 435 g/mol. The Morgan fingerprint density at radius 2 is 1.97 bits per heavy atom. The number of benzene rings is 1. The van der Waals surface area contributed by atoms with Crippen LogP contribution < -0.4 is 44.9 Å². The van der Waals surface area contributed by atoms with Crippen molar-refractivity contribution in [3.05, 3.63) is 47.8 Å². The van der Waals surface area contributed by atoms with Gasteiger partial charge in [-0.3, -0.25) is 0 Å². The van der Waals surface area contributed by atoms with E-state index in [2.05, 4.69) is 57.1 Å². The maximum Gasteiger partial charge on any atom is 1.00 e. The summed E-state index contributed by atoms with van der Waals surface area (Å²) in [5.41, 5.74) is 2.36. The van der Waals surface area contributed by atoms with Gasteiger partial charge < -0.3 is 20.1 Å². The number of carboxylic acid groups (broad SMARTS) is 1. The second kappa shape index (κ2) is 9.07. The van der Waals surface area contributed by atoms with Gasteiger partial charge in [-0.25, -0.2) is 9.97 Å². The van der Waals surface area contributed by atoms with Crippen LogP contribution in [-0.2, 0) is 6.42 Å². The maximum atomic E-state index is 11.2. The zero-order valence-corrected chi connectivity index (χ0v) is 20.8. The Bertz CT molecular complexity index is 898. The number of fused-ring (bicyclic) bond motifs is 1. The van der Waals surface area contributed by atoms with Gasteiger partial charge in [0.1, 0.15) is 16.9 Å². The molecular formula is C22H27N4NaO2S. The monoisotopic (exact) mass is 434 g/mol. The zero-order valence-electron chi connectivity index (χ0n) is 17.9. The van der Waals surface area contributed by atoms with Gasteiger partial charge in [-0.1, -0.05) is 24.3 Å². The Morgan fingerprint density at radius 3 is 2.60 bits per heavy atom. The van der Waals surface area contributed by atoms with Crippen molar-refractivity contribution in [1.82, 2.24) is 15.3 Å². The van der Waals surface area contributed by atoms with Gasteiger partial charge in [0.25, 0.3) is 0 Å². The van der Waals surface area contributed by atoms with Gasteiger partial charge in [0, 0.05) is 18.6 Å². The molecule has 2 heterocycles. The van der Waals surface area contributed by atoms with Crippen LogP contribution in [0.4, 0.5) is 10.6 Å². The molecule has 1 aliphatic heterocycles. The van der Waals surface area contributed by atoms with Gasteiger partial charge >= 0.3 is 29.6 Å². The summed E-state index contributed by atoms with van der Waals surface area (Å²) < 4.78 is 0.